The fraction of sp³-hybridized carbons (Fsp3) is 1.00. The largest absolute Gasteiger partial charge is 0.131 e. The molecule has 0 aromatic rings. The van der Waals surface area contributed by atoms with Gasteiger partial charge >= 0.3 is 0 Å². The highest BCUT2D eigenvalue weighted by atomic mass is 35.5. The summed E-state index contributed by atoms with van der Waals surface area (Å²) >= 11 is 10.5. The molecule has 0 aliphatic rings. The standard InChI is InChI=1S/C2H4Cl2Si/c3-1-5-2-4/h1-2H2. The Labute approximate surface area is 44.3 Å². The van der Waals surface area contributed by atoms with Gasteiger partial charge in [0.25, 0.3) is 0 Å². The first-order chi connectivity index (χ1) is 2.41. The van der Waals surface area contributed by atoms with Gasteiger partial charge in [-0.3, -0.25) is 0 Å². The molecule has 0 aliphatic heterocycles. The molecule has 0 fully saturated rings. The second kappa shape index (κ2) is 4.80. The minimum atomic E-state index is 0.712. The first-order valence-corrected chi connectivity index (χ1v) is 3.72. The van der Waals surface area contributed by atoms with Crippen molar-refractivity contribution in [2.24, 2.45) is 0 Å². The van der Waals surface area contributed by atoms with Crippen LogP contribution < -0.4 is 0 Å². The van der Waals surface area contributed by atoms with E-state index in [0.717, 1.165) is 9.52 Å². The average molecular weight is 127 g/mol. The lowest BCUT2D eigenvalue weighted by Crippen LogP contribution is -1.90. The Morgan fingerprint density at radius 1 is 1.20 bits per heavy atom. The van der Waals surface area contributed by atoms with Gasteiger partial charge in [-0.1, -0.05) is 0 Å². The highest BCUT2D eigenvalue weighted by Crippen LogP contribution is 1.72. The first-order valence-electron chi connectivity index (χ1n) is 1.24. The van der Waals surface area contributed by atoms with Gasteiger partial charge in [0, 0.05) is 11.0 Å². The lowest BCUT2D eigenvalue weighted by Gasteiger charge is -1.72. The Bertz CT molecular complexity index is 15.1. The van der Waals surface area contributed by atoms with Crippen LogP contribution in [-0.4, -0.2) is 20.5 Å². The number of alkyl halides is 2. The summed E-state index contributed by atoms with van der Waals surface area (Å²) in [6.07, 6.45) is 0. The van der Waals surface area contributed by atoms with Gasteiger partial charge in [-0.05, 0) is 0 Å². The lowest BCUT2D eigenvalue weighted by molar-refractivity contribution is 1.97. The molecule has 3 heteroatoms. The van der Waals surface area contributed by atoms with Gasteiger partial charge in [-0.15, -0.1) is 23.2 Å². The molecule has 30 valence electrons. The van der Waals surface area contributed by atoms with Crippen molar-refractivity contribution in [2.75, 3.05) is 11.0 Å². The van der Waals surface area contributed by atoms with E-state index < -0.39 is 0 Å². The summed E-state index contributed by atoms with van der Waals surface area (Å²) in [4.78, 5) is 0. The van der Waals surface area contributed by atoms with Crippen molar-refractivity contribution in [1.29, 1.82) is 0 Å². The molecule has 0 aromatic carbocycles. The van der Waals surface area contributed by atoms with Crippen molar-refractivity contribution >= 4 is 32.7 Å². The Morgan fingerprint density at radius 2 is 1.60 bits per heavy atom. The van der Waals surface area contributed by atoms with E-state index in [9.17, 15) is 0 Å². The minimum Gasteiger partial charge on any atom is -0.131 e. The first kappa shape index (κ1) is 5.80. The van der Waals surface area contributed by atoms with E-state index >= 15 is 0 Å². The van der Waals surface area contributed by atoms with Crippen LogP contribution in [-0.2, 0) is 0 Å². The third kappa shape index (κ3) is 4.80. The van der Waals surface area contributed by atoms with Crippen LogP contribution in [0.4, 0.5) is 0 Å². The van der Waals surface area contributed by atoms with E-state index in [1.165, 1.54) is 0 Å². The Morgan fingerprint density at radius 3 is 1.60 bits per heavy atom. The van der Waals surface area contributed by atoms with Crippen LogP contribution in [0, 0.1) is 0 Å². The van der Waals surface area contributed by atoms with E-state index in [0.29, 0.717) is 11.0 Å². The molecule has 0 atom stereocenters. The van der Waals surface area contributed by atoms with Crippen molar-refractivity contribution in [3.05, 3.63) is 0 Å². The number of hydrogen-bond acceptors (Lipinski definition) is 0. The fourth-order valence-corrected chi connectivity index (χ4v) is 0.964. The summed E-state index contributed by atoms with van der Waals surface area (Å²) in [6, 6.07) is 0. The van der Waals surface area contributed by atoms with Gasteiger partial charge in [0.2, 0.25) is 0 Å². The second-order valence-corrected chi connectivity index (χ2v) is 3.16. The molecule has 0 amide bonds. The quantitative estimate of drug-likeness (QED) is 0.384. The molecule has 0 unspecified atom stereocenters. The van der Waals surface area contributed by atoms with Crippen LogP contribution in [0.2, 0.25) is 0 Å². The molecule has 0 saturated heterocycles. The molecular formula is C2H4Cl2Si. The van der Waals surface area contributed by atoms with Gasteiger partial charge in [0.1, 0.15) is 0 Å². The van der Waals surface area contributed by atoms with Crippen LogP contribution in [0.25, 0.3) is 0 Å². The maximum absolute atomic E-state index is 5.23. The van der Waals surface area contributed by atoms with E-state index in [4.69, 9.17) is 23.2 Å². The second-order valence-electron chi connectivity index (χ2n) is 0.517. The van der Waals surface area contributed by atoms with Gasteiger partial charge in [-0.25, -0.2) is 0 Å². The fourth-order valence-electron chi connectivity index (χ4n) is 0.0357. The summed E-state index contributed by atoms with van der Waals surface area (Å²) in [5.41, 5.74) is 1.42. The van der Waals surface area contributed by atoms with Crippen LogP contribution in [0.5, 0.6) is 0 Å². The molecule has 0 saturated carbocycles. The molecule has 0 rings (SSSR count). The predicted molar refractivity (Wildman–Crippen MR) is 27.2 cm³/mol. The summed E-state index contributed by atoms with van der Waals surface area (Å²) in [5, 5.41) is 0. The van der Waals surface area contributed by atoms with Gasteiger partial charge in [0.15, 0.2) is 0 Å². The maximum atomic E-state index is 5.23. The van der Waals surface area contributed by atoms with Crippen molar-refractivity contribution in [3.63, 3.8) is 0 Å². The predicted octanol–water partition coefficient (Wildman–Crippen LogP) is 1.08. The van der Waals surface area contributed by atoms with E-state index in [-0.39, 0.29) is 0 Å². The molecule has 0 heterocycles. The molecule has 5 heavy (non-hydrogen) atoms. The Hall–Kier alpha value is 0.797. The summed E-state index contributed by atoms with van der Waals surface area (Å²) in [5.74, 6) is 0. The zero-order valence-electron chi connectivity index (χ0n) is 2.67. The van der Waals surface area contributed by atoms with Crippen LogP contribution in [0.1, 0.15) is 0 Å². The topological polar surface area (TPSA) is 0 Å². The summed E-state index contributed by atoms with van der Waals surface area (Å²) in [6.45, 7) is 0. The van der Waals surface area contributed by atoms with Crippen molar-refractivity contribution in [1.82, 2.24) is 0 Å². The highest BCUT2D eigenvalue weighted by Gasteiger charge is 1.75. The molecule has 0 aromatic heterocycles. The SMILES string of the molecule is ClC[Si]CCl. The third-order valence-corrected chi connectivity index (χ3v) is 1.70. The monoisotopic (exact) mass is 126 g/mol. The van der Waals surface area contributed by atoms with Gasteiger partial charge in [0.05, 0.1) is 9.52 Å². The van der Waals surface area contributed by atoms with Crippen LogP contribution in [0.15, 0.2) is 0 Å². The summed E-state index contributed by atoms with van der Waals surface area (Å²) in [7, 11) is 0.728. The normalized spacial score (nSPS) is 8.40. The van der Waals surface area contributed by atoms with Gasteiger partial charge in [-0.2, -0.15) is 0 Å². The summed E-state index contributed by atoms with van der Waals surface area (Å²) < 4.78 is 0. The average Bonchev–Trinajstić information content (AvgIpc) is 1.41. The molecule has 0 N–H and O–H groups in total. The Kier molecular flexibility index (Phi) is 5.56. The molecule has 0 bridgehead atoms. The number of hydrogen-bond donors (Lipinski definition) is 0. The van der Waals surface area contributed by atoms with Crippen molar-refractivity contribution < 1.29 is 0 Å². The van der Waals surface area contributed by atoms with Crippen LogP contribution in [0.3, 0.4) is 0 Å². The molecule has 0 spiro atoms. The van der Waals surface area contributed by atoms with E-state index in [2.05, 4.69) is 0 Å². The highest BCUT2D eigenvalue weighted by molar-refractivity contribution is 6.58. The number of rotatable bonds is 2. The van der Waals surface area contributed by atoms with Crippen LogP contribution >= 0.6 is 23.2 Å². The zero-order chi connectivity index (χ0) is 4.12. The molecule has 0 aliphatic carbocycles. The smallest absolute Gasteiger partial charge is 0.0766 e. The third-order valence-electron chi connectivity index (χ3n) is 0.189. The van der Waals surface area contributed by atoms with Crippen molar-refractivity contribution in [2.45, 2.75) is 0 Å². The molecular weight excluding hydrogens is 123 g/mol. The maximum Gasteiger partial charge on any atom is 0.0766 e. The number of halogens is 2. The lowest BCUT2D eigenvalue weighted by atomic mass is 11.8. The van der Waals surface area contributed by atoms with Crippen molar-refractivity contribution in [3.8, 4) is 0 Å². The van der Waals surface area contributed by atoms with E-state index in [1.807, 2.05) is 0 Å². The zero-order valence-corrected chi connectivity index (χ0v) is 5.18. The minimum absolute atomic E-state index is 0.712. The Balaban J connectivity index is 2.19. The molecule has 2 radical (unpaired) electrons. The molecule has 0 nitrogen and oxygen atoms in total. The van der Waals surface area contributed by atoms with Gasteiger partial charge < -0.3 is 0 Å². The van der Waals surface area contributed by atoms with E-state index in [1.54, 1.807) is 0 Å².